The summed E-state index contributed by atoms with van der Waals surface area (Å²) in [4.78, 5) is 24.2. The Labute approximate surface area is 109 Å². The van der Waals surface area contributed by atoms with E-state index in [4.69, 9.17) is 10.8 Å². The third kappa shape index (κ3) is 4.78. The van der Waals surface area contributed by atoms with Gasteiger partial charge in [0, 0.05) is 18.5 Å². The average Bonchev–Trinajstić information content (AvgIpc) is 2.27. The van der Waals surface area contributed by atoms with Crippen molar-refractivity contribution in [3.05, 3.63) is 22.2 Å². The van der Waals surface area contributed by atoms with Crippen LogP contribution >= 0.6 is 0 Å². The van der Waals surface area contributed by atoms with E-state index in [1.807, 2.05) is 6.92 Å². The van der Waals surface area contributed by atoms with E-state index in [1.165, 1.54) is 12.1 Å². The Morgan fingerprint density at radius 3 is 2.84 bits per heavy atom. The van der Waals surface area contributed by atoms with Gasteiger partial charge >= 0.3 is 11.7 Å². The first-order valence-electron chi connectivity index (χ1n) is 5.79. The number of pyridine rings is 1. The monoisotopic (exact) mass is 268 g/mol. The highest BCUT2D eigenvalue weighted by atomic mass is 16.6. The molecule has 1 unspecified atom stereocenters. The maximum absolute atomic E-state index is 10.6. The molecule has 8 nitrogen and oxygen atoms in total. The van der Waals surface area contributed by atoms with E-state index in [1.54, 1.807) is 0 Å². The highest BCUT2D eigenvalue weighted by Crippen LogP contribution is 2.21. The van der Waals surface area contributed by atoms with Crippen LogP contribution < -0.4 is 11.1 Å². The smallest absolute Gasteiger partial charge is 0.311 e. The van der Waals surface area contributed by atoms with Crippen molar-refractivity contribution in [3.8, 4) is 0 Å². The largest absolute Gasteiger partial charge is 0.481 e. The van der Waals surface area contributed by atoms with Crippen LogP contribution in [-0.4, -0.2) is 27.0 Å². The van der Waals surface area contributed by atoms with Crippen molar-refractivity contribution >= 4 is 23.3 Å². The number of rotatable bonds is 7. The van der Waals surface area contributed by atoms with E-state index in [-0.39, 0.29) is 24.0 Å². The zero-order valence-electron chi connectivity index (χ0n) is 10.5. The molecule has 0 aromatic carbocycles. The lowest BCUT2D eigenvalue weighted by Gasteiger charge is -2.14. The number of aromatic nitrogens is 1. The summed E-state index contributed by atoms with van der Waals surface area (Å²) in [6.07, 6.45) is 1.32. The lowest BCUT2D eigenvalue weighted by atomic mass is 10.1. The average molecular weight is 268 g/mol. The second-order valence-electron chi connectivity index (χ2n) is 4.19. The number of nitrogens with two attached hydrogens (primary N) is 1. The third-order valence-corrected chi connectivity index (χ3v) is 2.52. The van der Waals surface area contributed by atoms with Crippen molar-refractivity contribution in [3.63, 3.8) is 0 Å². The predicted octanol–water partition coefficient (Wildman–Crippen LogP) is 1.63. The first kappa shape index (κ1) is 14.7. The quantitative estimate of drug-likeness (QED) is 0.505. The molecule has 0 radical (unpaired) electrons. The summed E-state index contributed by atoms with van der Waals surface area (Å²) in [5.41, 5.74) is 5.24. The molecular weight excluding hydrogens is 252 g/mol. The molecule has 1 atom stereocenters. The van der Waals surface area contributed by atoms with Gasteiger partial charge in [0.25, 0.3) is 0 Å². The number of carboxylic acids is 1. The molecule has 19 heavy (non-hydrogen) atoms. The first-order chi connectivity index (χ1) is 8.90. The number of carbonyl (C=O) groups is 1. The second kappa shape index (κ2) is 6.53. The molecule has 1 aromatic rings. The molecule has 0 saturated carbocycles. The van der Waals surface area contributed by atoms with Crippen LogP contribution in [0.4, 0.5) is 17.3 Å². The fraction of sp³-hybridized carbons (Fsp3) is 0.455. The van der Waals surface area contributed by atoms with Crippen LogP contribution in [0.25, 0.3) is 0 Å². The number of aliphatic carboxylic acids is 1. The summed E-state index contributed by atoms with van der Waals surface area (Å²) in [6.45, 7) is 1.88. The van der Waals surface area contributed by atoms with Gasteiger partial charge in [0.1, 0.15) is 5.82 Å². The Hall–Kier alpha value is -2.38. The van der Waals surface area contributed by atoms with Crippen LogP contribution in [0, 0.1) is 10.1 Å². The molecule has 104 valence electrons. The zero-order chi connectivity index (χ0) is 14.4. The van der Waals surface area contributed by atoms with Crippen molar-refractivity contribution < 1.29 is 14.8 Å². The molecule has 0 aliphatic heterocycles. The highest BCUT2D eigenvalue weighted by Gasteiger charge is 2.13. The Balaban J connectivity index is 2.55. The summed E-state index contributed by atoms with van der Waals surface area (Å²) in [5.74, 6) is -0.538. The van der Waals surface area contributed by atoms with Crippen LogP contribution in [0.2, 0.25) is 0 Å². The van der Waals surface area contributed by atoms with E-state index in [9.17, 15) is 14.9 Å². The minimum absolute atomic E-state index is 0.00714. The molecule has 0 saturated heterocycles. The minimum atomic E-state index is -0.829. The van der Waals surface area contributed by atoms with Gasteiger partial charge in [-0.15, -0.1) is 0 Å². The van der Waals surface area contributed by atoms with Crippen molar-refractivity contribution in [1.29, 1.82) is 0 Å². The standard InChI is InChI=1S/C11H16N4O4/c1-7(3-2-4-10(16)17)13-9-6-5-8(15(18)19)11(12)14-9/h5-7H,2-4H2,1H3,(H,16,17)(H3,12,13,14). The molecule has 0 aliphatic carbocycles. The van der Waals surface area contributed by atoms with E-state index in [0.717, 1.165) is 0 Å². The van der Waals surface area contributed by atoms with Crippen molar-refractivity contribution in [1.82, 2.24) is 4.98 Å². The molecule has 0 aliphatic rings. The molecule has 4 N–H and O–H groups in total. The molecule has 0 amide bonds. The number of nitrogens with one attached hydrogen (secondary N) is 1. The second-order valence-corrected chi connectivity index (χ2v) is 4.19. The van der Waals surface area contributed by atoms with Crippen LogP contribution in [0.1, 0.15) is 26.2 Å². The third-order valence-electron chi connectivity index (χ3n) is 2.52. The van der Waals surface area contributed by atoms with Crippen molar-refractivity contribution in [2.24, 2.45) is 0 Å². The molecule has 0 spiro atoms. The molecule has 8 heteroatoms. The summed E-state index contributed by atoms with van der Waals surface area (Å²) in [5, 5.41) is 22.1. The predicted molar refractivity (Wildman–Crippen MR) is 69.9 cm³/mol. The lowest BCUT2D eigenvalue weighted by molar-refractivity contribution is -0.384. The molecule has 0 fully saturated rings. The Morgan fingerprint density at radius 1 is 1.63 bits per heavy atom. The molecular formula is C11H16N4O4. The van der Waals surface area contributed by atoms with E-state index < -0.39 is 10.9 Å². The fourth-order valence-electron chi connectivity index (χ4n) is 1.59. The minimum Gasteiger partial charge on any atom is -0.481 e. The lowest BCUT2D eigenvalue weighted by Crippen LogP contribution is -2.16. The highest BCUT2D eigenvalue weighted by molar-refractivity contribution is 5.66. The SMILES string of the molecule is CC(CCCC(=O)O)Nc1ccc([N+](=O)[O-])c(N)n1. The fourth-order valence-corrected chi connectivity index (χ4v) is 1.59. The van der Waals surface area contributed by atoms with Gasteiger partial charge < -0.3 is 16.2 Å². The van der Waals surface area contributed by atoms with Gasteiger partial charge in [0.2, 0.25) is 5.82 Å². The van der Waals surface area contributed by atoms with Crippen molar-refractivity contribution in [2.75, 3.05) is 11.1 Å². The normalized spacial score (nSPS) is 11.8. The van der Waals surface area contributed by atoms with Gasteiger partial charge in [-0.1, -0.05) is 0 Å². The summed E-state index contributed by atoms with van der Waals surface area (Å²) >= 11 is 0. The number of nitrogens with zero attached hydrogens (tertiary/aromatic N) is 2. The van der Waals surface area contributed by atoms with Crippen LogP contribution in [0.5, 0.6) is 0 Å². The van der Waals surface area contributed by atoms with Gasteiger partial charge in [0.15, 0.2) is 0 Å². The van der Waals surface area contributed by atoms with E-state index >= 15 is 0 Å². The number of nitro groups is 1. The number of anilines is 2. The number of carboxylic acid groups (broad SMARTS) is 1. The summed E-state index contributed by atoms with van der Waals surface area (Å²) < 4.78 is 0. The van der Waals surface area contributed by atoms with Gasteiger partial charge in [-0.3, -0.25) is 14.9 Å². The van der Waals surface area contributed by atoms with Gasteiger partial charge in [-0.2, -0.15) is 0 Å². The number of hydrogen-bond donors (Lipinski definition) is 3. The molecule has 1 aromatic heterocycles. The van der Waals surface area contributed by atoms with E-state index in [0.29, 0.717) is 18.7 Å². The molecule has 1 rings (SSSR count). The van der Waals surface area contributed by atoms with Gasteiger partial charge in [-0.05, 0) is 25.8 Å². The summed E-state index contributed by atoms with van der Waals surface area (Å²) in [6, 6.07) is 2.77. The maximum Gasteiger partial charge on any atom is 0.311 e. The molecule has 0 bridgehead atoms. The Morgan fingerprint density at radius 2 is 2.32 bits per heavy atom. The Bertz CT molecular complexity index is 478. The number of nitrogen functional groups attached to an aromatic ring is 1. The van der Waals surface area contributed by atoms with Crippen molar-refractivity contribution in [2.45, 2.75) is 32.2 Å². The Kier molecular flexibility index (Phi) is 5.04. The first-order valence-corrected chi connectivity index (χ1v) is 5.79. The molecule has 1 heterocycles. The van der Waals surface area contributed by atoms with E-state index in [2.05, 4.69) is 10.3 Å². The van der Waals surface area contributed by atoms with Crippen LogP contribution in [0.15, 0.2) is 12.1 Å². The van der Waals surface area contributed by atoms with Crippen LogP contribution in [0.3, 0.4) is 0 Å². The maximum atomic E-state index is 10.6. The van der Waals surface area contributed by atoms with Gasteiger partial charge in [0.05, 0.1) is 4.92 Å². The number of hydrogen-bond acceptors (Lipinski definition) is 6. The van der Waals surface area contributed by atoms with Crippen LogP contribution in [-0.2, 0) is 4.79 Å². The topological polar surface area (TPSA) is 131 Å². The van der Waals surface area contributed by atoms with Gasteiger partial charge in [-0.25, -0.2) is 4.98 Å². The summed E-state index contributed by atoms with van der Waals surface area (Å²) in [7, 11) is 0. The zero-order valence-corrected chi connectivity index (χ0v) is 10.5.